The predicted octanol–water partition coefficient (Wildman–Crippen LogP) is 5.55. The van der Waals surface area contributed by atoms with Crippen LogP contribution in [0.5, 0.6) is 0 Å². The fourth-order valence-electron chi connectivity index (χ4n) is 4.40. The summed E-state index contributed by atoms with van der Waals surface area (Å²) in [6.45, 7) is 12.5. The van der Waals surface area contributed by atoms with Crippen LogP contribution in [0.2, 0.25) is 0 Å². The van der Waals surface area contributed by atoms with Gasteiger partial charge in [0.05, 0.1) is 0 Å². The van der Waals surface area contributed by atoms with E-state index in [1.165, 1.54) is 19.3 Å². The summed E-state index contributed by atoms with van der Waals surface area (Å²) in [5, 5.41) is 0. The smallest absolute Gasteiger partial charge is 0.105 e. The zero-order valence-corrected chi connectivity index (χ0v) is 15.0. The van der Waals surface area contributed by atoms with Crippen LogP contribution in [0.3, 0.4) is 0 Å². The van der Waals surface area contributed by atoms with E-state index in [1.807, 2.05) is 6.20 Å². The molecule has 0 saturated heterocycles. The van der Waals surface area contributed by atoms with Crippen LogP contribution in [0.4, 0.5) is 0 Å². The third kappa shape index (κ3) is 3.37. The first kappa shape index (κ1) is 17.1. The SMILES string of the molecule is C/C=C\C=C(/CC)C(C)(Cn1ccnc1C)C1CCCC1C. The molecule has 0 radical (unpaired) electrons. The van der Waals surface area contributed by atoms with Gasteiger partial charge in [-0.05, 0) is 38.5 Å². The molecule has 0 bridgehead atoms. The molecule has 0 N–H and O–H groups in total. The lowest BCUT2D eigenvalue weighted by Gasteiger charge is -2.41. The Kier molecular flexibility index (Phi) is 5.66. The van der Waals surface area contributed by atoms with Crippen LogP contribution in [-0.4, -0.2) is 9.55 Å². The Morgan fingerprint density at radius 1 is 1.45 bits per heavy atom. The molecule has 0 spiro atoms. The van der Waals surface area contributed by atoms with Crippen LogP contribution in [0, 0.1) is 24.2 Å². The second-order valence-electron chi connectivity index (χ2n) is 7.11. The largest absolute Gasteiger partial charge is 0.334 e. The first-order valence-corrected chi connectivity index (χ1v) is 8.83. The summed E-state index contributed by atoms with van der Waals surface area (Å²) in [4.78, 5) is 4.42. The molecular weight excluding hydrogens is 268 g/mol. The summed E-state index contributed by atoms with van der Waals surface area (Å²) in [5.74, 6) is 2.71. The first-order valence-electron chi connectivity index (χ1n) is 8.83. The summed E-state index contributed by atoms with van der Waals surface area (Å²) in [6.07, 6.45) is 16.0. The predicted molar refractivity (Wildman–Crippen MR) is 94.8 cm³/mol. The van der Waals surface area contributed by atoms with E-state index >= 15 is 0 Å². The molecule has 2 heteroatoms. The summed E-state index contributed by atoms with van der Waals surface area (Å²) >= 11 is 0. The van der Waals surface area contributed by atoms with Crippen LogP contribution in [0.1, 0.15) is 59.2 Å². The average molecular weight is 300 g/mol. The summed E-state index contributed by atoms with van der Waals surface area (Å²) in [5.41, 5.74) is 1.80. The van der Waals surface area contributed by atoms with Crippen LogP contribution >= 0.6 is 0 Å². The van der Waals surface area contributed by atoms with Gasteiger partial charge in [0.1, 0.15) is 5.82 Å². The molecule has 3 unspecified atom stereocenters. The first-order chi connectivity index (χ1) is 10.5. The van der Waals surface area contributed by atoms with Crippen molar-refractivity contribution in [2.24, 2.45) is 17.3 Å². The highest BCUT2D eigenvalue weighted by Crippen LogP contribution is 2.49. The number of allylic oxidation sites excluding steroid dienone is 4. The number of rotatable bonds is 6. The summed E-state index contributed by atoms with van der Waals surface area (Å²) in [6, 6.07) is 0. The lowest BCUT2D eigenvalue weighted by Crippen LogP contribution is -2.36. The molecular formula is C20H32N2. The number of nitrogens with zero attached hydrogens (tertiary/aromatic N) is 2. The minimum absolute atomic E-state index is 0.218. The molecule has 1 heterocycles. The fraction of sp³-hybridized carbons (Fsp3) is 0.650. The quantitative estimate of drug-likeness (QED) is 0.630. The van der Waals surface area contributed by atoms with E-state index in [4.69, 9.17) is 0 Å². The molecule has 22 heavy (non-hydrogen) atoms. The highest BCUT2D eigenvalue weighted by atomic mass is 15.1. The minimum atomic E-state index is 0.218. The second kappa shape index (κ2) is 7.30. The van der Waals surface area contributed by atoms with E-state index in [1.54, 1.807) is 5.57 Å². The molecule has 1 aliphatic carbocycles. The van der Waals surface area contributed by atoms with Gasteiger partial charge in [-0.15, -0.1) is 0 Å². The number of hydrogen-bond donors (Lipinski definition) is 0. The van der Waals surface area contributed by atoms with Crippen molar-refractivity contribution >= 4 is 0 Å². The van der Waals surface area contributed by atoms with Gasteiger partial charge in [-0.25, -0.2) is 4.98 Å². The van der Waals surface area contributed by atoms with Crippen LogP contribution in [0.15, 0.2) is 36.2 Å². The second-order valence-corrected chi connectivity index (χ2v) is 7.11. The number of hydrogen-bond acceptors (Lipinski definition) is 1. The molecule has 0 amide bonds. The molecule has 1 aromatic rings. The topological polar surface area (TPSA) is 17.8 Å². The Hall–Kier alpha value is -1.31. The van der Waals surface area contributed by atoms with Crippen molar-refractivity contribution in [3.05, 3.63) is 42.0 Å². The van der Waals surface area contributed by atoms with Crippen molar-refractivity contribution in [3.8, 4) is 0 Å². The van der Waals surface area contributed by atoms with Crippen molar-refractivity contribution in [2.45, 2.75) is 66.8 Å². The van der Waals surface area contributed by atoms with Crippen molar-refractivity contribution < 1.29 is 0 Å². The molecule has 3 atom stereocenters. The van der Waals surface area contributed by atoms with E-state index < -0.39 is 0 Å². The van der Waals surface area contributed by atoms with E-state index in [0.29, 0.717) is 0 Å². The zero-order valence-electron chi connectivity index (χ0n) is 15.0. The molecule has 0 aliphatic heterocycles. The highest BCUT2D eigenvalue weighted by molar-refractivity contribution is 5.22. The summed E-state index contributed by atoms with van der Waals surface area (Å²) < 4.78 is 2.34. The van der Waals surface area contributed by atoms with Gasteiger partial charge in [0.25, 0.3) is 0 Å². The highest BCUT2D eigenvalue weighted by Gasteiger charge is 2.42. The van der Waals surface area contributed by atoms with Gasteiger partial charge in [-0.3, -0.25) is 0 Å². The normalized spacial score (nSPS) is 25.8. The van der Waals surface area contributed by atoms with Crippen LogP contribution < -0.4 is 0 Å². The Morgan fingerprint density at radius 3 is 2.73 bits per heavy atom. The Morgan fingerprint density at radius 2 is 2.23 bits per heavy atom. The summed E-state index contributed by atoms with van der Waals surface area (Å²) in [7, 11) is 0. The Labute approximate surface area is 136 Å². The monoisotopic (exact) mass is 300 g/mol. The van der Waals surface area contributed by atoms with Gasteiger partial charge in [0.2, 0.25) is 0 Å². The molecule has 1 saturated carbocycles. The number of aryl methyl sites for hydroxylation is 1. The average Bonchev–Trinajstić information content (AvgIpc) is 3.09. The molecule has 1 aliphatic rings. The maximum absolute atomic E-state index is 4.42. The molecule has 1 fully saturated rings. The zero-order chi connectivity index (χ0) is 16.2. The molecule has 122 valence electrons. The van der Waals surface area contributed by atoms with Gasteiger partial charge in [-0.2, -0.15) is 0 Å². The number of aromatic nitrogens is 2. The van der Waals surface area contributed by atoms with Gasteiger partial charge in [0.15, 0.2) is 0 Å². The van der Waals surface area contributed by atoms with Gasteiger partial charge >= 0.3 is 0 Å². The third-order valence-electron chi connectivity index (χ3n) is 5.71. The lowest BCUT2D eigenvalue weighted by molar-refractivity contribution is 0.160. The van der Waals surface area contributed by atoms with Crippen molar-refractivity contribution in [3.63, 3.8) is 0 Å². The van der Waals surface area contributed by atoms with E-state index in [-0.39, 0.29) is 5.41 Å². The van der Waals surface area contributed by atoms with E-state index in [9.17, 15) is 0 Å². The van der Waals surface area contributed by atoms with E-state index in [2.05, 4.69) is 68.6 Å². The van der Waals surface area contributed by atoms with Gasteiger partial charge < -0.3 is 4.57 Å². The Bertz CT molecular complexity index is 538. The lowest BCUT2D eigenvalue weighted by atomic mass is 9.66. The minimum Gasteiger partial charge on any atom is -0.334 e. The van der Waals surface area contributed by atoms with E-state index in [0.717, 1.165) is 30.6 Å². The van der Waals surface area contributed by atoms with Crippen molar-refractivity contribution in [1.29, 1.82) is 0 Å². The molecule has 0 aromatic carbocycles. The number of imidazole rings is 1. The Balaban J connectivity index is 2.41. The maximum Gasteiger partial charge on any atom is 0.105 e. The van der Waals surface area contributed by atoms with Crippen LogP contribution in [0.25, 0.3) is 0 Å². The van der Waals surface area contributed by atoms with Crippen molar-refractivity contribution in [2.75, 3.05) is 0 Å². The standard InChI is InChI=1S/C20H32N2/c1-6-8-11-18(7-2)20(5,19-12-9-10-16(19)3)15-22-14-13-21-17(22)4/h6,8,11,13-14,16,19H,7,9-10,12,15H2,1-5H3/b8-6-,18-11+. The third-order valence-corrected chi connectivity index (χ3v) is 5.71. The molecule has 2 rings (SSSR count). The van der Waals surface area contributed by atoms with Crippen molar-refractivity contribution in [1.82, 2.24) is 9.55 Å². The van der Waals surface area contributed by atoms with Crippen LogP contribution in [-0.2, 0) is 6.54 Å². The molecule has 1 aromatic heterocycles. The van der Waals surface area contributed by atoms with Gasteiger partial charge in [0, 0.05) is 24.4 Å². The molecule has 2 nitrogen and oxygen atoms in total. The fourth-order valence-corrected chi connectivity index (χ4v) is 4.40. The van der Waals surface area contributed by atoms with Gasteiger partial charge in [-0.1, -0.05) is 57.4 Å². The maximum atomic E-state index is 4.42.